The maximum absolute atomic E-state index is 12.3. The van der Waals surface area contributed by atoms with Crippen molar-refractivity contribution in [1.82, 2.24) is 9.55 Å². The van der Waals surface area contributed by atoms with E-state index >= 15 is 0 Å². The number of hydrogen-bond donors (Lipinski definition) is 1. The SMILES string of the molecule is O=C(CC(C(=O)O)n1ccc(-c2ccc(-c3ccncc3)cc2)c1)OCc1ccccc1. The molecule has 0 aliphatic carbocycles. The number of carbonyl (C=O) groups is 2. The highest BCUT2D eigenvalue weighted by atomic mass is 16.5. The Morgan fingerprint density at radius 2 is 1.47 bits per heavy atom. The lowest BCUT2D eigenvalue weighted by atomic mass is 10.0. The maximum atomic E-state index is 12.3. The fraction of sp³-hybridized carbons (Fsp3) is 0.115. The van der Waals surface area contributed by atoms with Crippen molar-refractivity contribution in [3.63, 3.8) is 0 Å². The third-order valence-corrected chi connectivity index (χ3v) is 5.19. The van der Waals surface area contributed by atoms with Crippen molar-refractivity contribution in [3.05, 3.63) is 103 Å². The molecule has 1 unspecified atom stereocenters. The van der Waals surface area contributed by atoms with Crippen LogP contribution in [0.1, 0.15) is 18.0 Å². The van der Waals surface area contributed by atoms with Crippen LogP contribution in [0.5, 0.6) is 0 Å². The molecule has 6 heteroatoms. The van der Waals surface area contributed by atoms with Gasteiger partial charge in [-0.2, -0.15) is 0 Å². The molecule has 4 aromatic rings. The number of esters is 1. The summed E-state index contributed by atoms with van der Waals surface area (Å²) in [5.74, 6) is -1.64. The molecular formula is C26H22N2O4. The summed E-state index contributed by atoms with van der Waals surface area (Å²) in [6.07, 6.45) is 6.66. The number of benzene rings is 2. The minimum atomic E-state index is -1.09. The second-order valence-electron chi connectivity index (χ2n) is 7.37. The zero-order valence-corrected chi connectivity index (χ0v) is 17.3. The highest BCUT2D eigenvalue weighted by Gasteiger charge is 2.24. The average molecular weight is 426 g/mol. The minimum absolute atomic E-state index is 0.118. The van der Waals surface area contributed by atoms with E-state index in [1.165, 1.54) is 4.57 Å². The number of carboxylic acids is 1. The number of nitrogens with zero attached hydrogens (tertiary/aromatic N) is 2. The Hall–Kier alpha value is -4.19. The third kappa shape index (κ3) is 5.10. The normalized spacial score (nSPS) is 11.6. The van der Waals surface area contributed by atoms with Crippen LogP contribution in [0.3, 0.4) is 0 Å². The first-order valence-corrected chi connectivity index (χ1v) is 10.2. The molecule has 2 heterocycles. The summed E-state index contributed by atoms with van der Waals surface area (Å²) in [7, 11) is 0. The van der Waals surface area contributed by atoms with E-state index in [0.29, 0.717) is 0 Å². The molecule has 0 bridgehead atoms. The predicted molar refractivity (Wildman–Crippen MR) is 121 cm³/mol. The van der Waals surface area contributed by atoms with Crippen molar-refractivity contribution in [2.75, 3.05) is 0 Å². The molecule has 2 aromatic heterocycles. The van der Waals surface area contributed by atoms with Gasteiger partial charge in [0.15, 0.2) is 0 Å². The van der Waals surface area contributed by atoms with Gasteiger partial charge >= 0.3 is 11.9 Å². The molecule has 0 saturated heterocycles. The molecule has 32 heavy (non-hydrogen) atoms. The summed E-state index contributed by atoms with van der Waals surface area (Å²) in [6.45, 7) is 0.118. The number of rotatable bonds is 8. The monoisotopic (exact) mass is 426 g/mol. The number of aliphatic carboxylic acids is 1. The van der Waals surface area contributed by atoms with Crippen molar-refractivity contribution in [1.29, 1.82) is 0 Å². The van der Waals surface area contributed by atoms with E-state index in [0.717, 1.165) is 27.8 Å². The first kappa shape index (κ1) is 21.1. The van der Waals surface area contributed by atoms with E-state index in [1.807, 2.05) is 72.8 Å². The molecule has 0 amide bonds. The van der Waals surface area contributed by atoms with Crippen molar-refractivity contribution < 1.29 is 19.4 Å². The lowest BCUT2D eigenvalue weighted by Crippen LogP contribution is -2.22. The van der Waals surface area contributed by atoms with Gasteiger partial charge in [0.2, 0.25) is 0 Å². The molecular weight excluding hydrogens is 404 g/mol. The summed E-state index contributed by atoms with van der Waals surface area (Å²) in [4.78, 5) is 28.1. The summed E-state index contributed by atoms with van der Waals surface area (Å²) >= 11 is 0. The summed E-state index contributed by atoms with van der Waals surface area (Å²) in [6, 6.07) is 22.0. The Labute approximate surface area is 185 Å². The topological polar surface area (TPSA) is 81.4 Å². The number of aromatic nitrogens is 2. The van der Waals surface area contributed by atoms with Gasteiger partial charge in [0.05, 0.1) is 6.42 Å². The predicted octanol–water partition coefficient (Wildman–Crippen LogP) is 4.98. The highest BCUT2D eigenvalue weighted by Crippen LogP contribution is 2.26. The van der Waals surface area contributed by atoms with Crippen molar-refractivity contribution in [3.8, 4) is 22.3 Å². The molecule has 0 saturated carbocycles. The van der Waals surface area contributed by atoms with Gasteiger partial charge in [-0.15, -0.1) is 0 Å². The molecule has 160 valence electrons. The zero-order valence-electron chi connectivity index (χ0n) is 17.3. The van der Waals surface area contributed by atoms with E-state index in [4.69, 9.17) is 4.74 Å². The van der Waals surface area contributed by atoms with E-state index < -0.39 is 18.0 Å². The summed E-state index contributed by atoms with van der Waals surface area (Å²) in [5, 5.41) is 9.67. The van der Waals surface area contributed by atoms with Crippen molar-refractivity contribution >= 4 is 11.9 Å². The van der Waals surface area contributed by atoms with Crippen LogP contribution in [0.4, 0.5) is 0 Å². The second kappa shape index (κ2) is 9.75. The molecule has 4 rings (SSSR count). The number of hydrogen-bond acceptors (Lipinski definition) is 4. The van der Waals surface area contributed by atoms with Gasteiger partial charge in [-0.05, 0) is 46.0 Å². The van der Waals surface area contributed by atoms with Gasteiger partial charge < -0.3 is 14.4 Å². The molecule has 2 aromatic carbocycles. The molecule has 0 radical (unpaired) electrons. The van der Waals surface area contributed by atoms with Crippen LogP contribution in [-0.2, 0) is 20.9 Å². The summed E-state index contributed by atoms with van der Waals surface area (Å²) in [5.41, 5.74) is 4.82. The Morgan fingerprint density at radius 3 is 2.12 bits per heavy atom. The van der Waals surface area contributed by atoms with E-state index in [9.17, 15) is 14.7 Å². The van der Waals surface area contributed by atoms with Crippen LogP contribution >= 0.6 is 0 Å². The van der Waals surface area contributed by atoms with Gasteiger partial charge in [0.25, 0.3) is 0 Å². The summed E-state index contributed by atoms with van der Waals surface area (Å²) < 4.78 is 6.80. The molecule has 6 nitrogen and oxygen atoms in total. The number of ether oxygens (including phenoxy) is 1. The first-order valence-electron chi connectivity index (χ1n) is 10.2. The van der Waals surface area contributed by atoms with E-state index in [-0.39, 0.29) is 13.0 Å². The van der Waals surface area contributed by atoms with Gasteiger partial charge in [0, 0.05) is 24.8 Å². The minimum Gasteiger partial charge on any atom is -0.480 e. The first-order chi connectivity index (χ1) is 15.6. The molecule has 0 aliphatic heterocycles. The van der Waals surface area contributed by atoms with Crippen LogP contribution < -0.4 is 0 Å². The van der Waals surface area contributed by atoms with Gasteiger partial charge in [0.1, 0.15) is 12.6 Å². The van der Waals surface area contributed by atoms with Crippen LogP contribution in [0, 0.1) is 0 Å². The second-order valence-corrected chi connectivity index (χ2v) is 7.37. The van der Waals surface area contributed by atoms with Crippen LogP contribution in [0.25, 0.3) is 22.3 Å². The molecule has 0 fully saturated rings. The van der Waals surface area contributed by atoms with Crippen molar-refractivity contribution in [2.45, 2.75) is 19.1 Å². The number of pyridine rings is 1. The Morgan fingerprint density at radius 1 is 0.844 bits per heavy atom. The van der Waals surface area contributed by atoms with Crippen LogP contribution in [0.2, 0.25) is 0 Å². The highest BCUT2D eigenvalue weighted by molar-refractivity contribution is 5.80. The lowest BCUT2D eigenvalue weighted by Gasteiger charge is -2.14. The van der Waals surface area contributed by atoms with E-state index in [1.54, 1.807) is 24.8 Å². The standard InChI is InChI=1S/C26H22N2O4/c29-25(32-18-19-4-2-1-3-5-19)16-24(26(30)31)28-15-12-23(17-28)21-8-6-20(7-9-21)22-10-13-27-14-11-22/h1-15,17,24H,16,18H2,(H,30,31). The van der Waals surface area contributed by atoms with Gasteiger partial charge in [-0.25, -0.2) is 4.79 Å². The Bertz CT molecular complexity index is 1190. The van der Waals surface area contributed by atoms with E-state index in [2.05, 4.69) is 4.98 Å². The Kier molecular flexibility index (Phi) is 6.41. The third-order valence-electron chi connectivity index (χ3n) is 5.19. The molecule has 1 N–H and O–H groups in total. The molecule has 1 atom stereocenters. The zero-order chi connectivity index (χ0) is 22.3. The fourth-order valence-corrected chi connectivity index (χ4v) is 3.45. The fourth-order valence-electron chi connectivity index (χ4n) is 3.45. The maximum Gasteiger partial charge on any atom is 0.327 e. The lowest BCUT2D eigenvalue weighted by molar-refractivity contribution is -0.151. The van der Waals surface area contributed by atoms with Gasteiger partial charge in [-0.1, -0.05) is 54.6 Å². The molecule has 0 spiro atoms. The molecule has 0 aliphatic rings. The Balaban J connectivity index is 1.44. The average Bonchev–Trinajstić information content (AvgIpc) is 3.32. The van der Waals surface area contributed by atoms with Crippen molar-refractivity contribution in [2.24, 2.45) is 0 Å². The van der Waals surface area contributed by atoms with Gasteiger partial charge in [-0.3, -0.25) is 9.78 Å². The number of carbonyl (C=O) groups excluding carboxylic acids is 1. The quantitative estimate of drug-likeness (QED) is 0.402. The van der Waals surface area contributed by atoms with Crippen LogP contribution in [0.15, 0.2) is 97.6 Å². The smallest absolute Gasteiger partial charge is 0.327 e. The largest absolute Gasteiger partial charge is 0.480 e. The van der Waals surface area contributed by atoms with Crippen LogP contribution in [-0.4, -0.2) is 26.6 Å². The number of carboxylic acid groups (broad SMARTS) is 1.